The van der Waals surface area contributed by atoms with Gasteiger partial charge in [-0.15, -0.1) is 5.10 Å². The molecule has 1 atom stereocenters. The second-order valence-electron chi connectivity index (χ2n) is 4.54. The topological polar surface area (TPSA) is 68.1 Å². The van der Waals surface area contributed by atoms with Crippen molar-refractivity contribution in [2.75, 3.05) is 6.61 Å². The zero-order chi connectivity index (χ0) is 14.4. The van der Waals surface area contributed by atoms with Crippen LogP contribution in [0.2, 0.25) is 0 Å². The monoisotopic (exact) mass is 293 g/mol. The number of nitrogens with zero attached hydrogens (tertiary/aromatic N) is 3. The third kappa shape index (κ3) is 3.52. The molecule has 1 N–H and O–H groups in total. The fourth-order valence-corrected chi connectivity index (χ4v) is 2.58. The van der Waals surface area contributed by atoms with Gasteiger partial charge < -0.3 is 9.84 Å². The molecule has 1 unspecified atom stereocenters. The minimum Gasteiger partial charge on any atom is -0.492 e. The molecule has 0 aromatic carbocycles. The zero-order valence-corrected chi connectivity index (χ0v) is 12.6. The molecule has 2 heterocycles. The SMILES string of the molecule is CCCOc1cncc(C(O)c2snnc2CCC)c1. The predicted molar refractivity (Wildman–Crippen MR) is 78.0 cm³/mol. The van der Waals surface area contributed by atoms with Crippen molar-refractivity contribution in [2.24, 2.45) is 0 Å². The summed E-state index contributed by atoms with van der Waals surface area (Å²) in [5, 5.41) is 14.6. The summed E-state index contributed by atoms with van der Waals surface area (Å²) in [5.41, 5.74) is 1.58. The first-order valence-corrected chi connectivity index (χ1v) is 7.60. The summed E-state index contributed by atoms with van der Waals surface area (Å²) >= 11 is 1.24. The van der Waals surface area contributed by atoms with Gasteiger partial charge in [-0.2, -0.15) is 0 Å². The van der Waals surface area contributed by atoms with Crippen LogP contribution in [0.1, 0.15) is 48.9 Å². The van der Waals surface area contributed by atoms with Crippen molar-refractivity contribution in [3.8, 4) is 5.75 Å². The highest BCUT2D eigenvalue weighted by atomic mass is 32.1. The van der Waals surface area contributed by atoms with E-state index in [0.29, 0.717) is 17.9 Å². The first-order valence-electron chi connectivity index (χ1n) is 6.83. The van der Waals surface area contributed by atoms with Crippen molar-refractivity contribution in [1.82, 2.24) is 14.6 Å². The van der Waals surface area contributed by atoms with Crippen molar-refractivity contribution in [3.63, 3.8) is 0 Å². The molecule has 0 aliphatic heterocycles. The molecule has 0 aliphatic carbocycles. The number of rotatable bonds is 7. The summed E-state index contributed by atoms with van der Waals surface area (Å²) in [6, 6.07) is 1.82. The maximum Gasteiger partial charge on any atom is 0.137 e. The number of hydrogen-bond acceptors (Lipinski definition) is 6. The molecular weight excluding hydrogens is 274 g/mol. The molecule has 6 heteroatoms. The molecule has 0 saturated carbocycles. The van der Waals surface area contributed by atoms with Crippen LogP contribution in [0.3, 0.4) is 0 Å². The van der Waals surface area contributed by atoms with Crippen molar-refractivity contribution >= 4 is 11.5 Å². The van der Waals surface area contributed by atoms with Gasteiger partial charge in [-0.05, 0) is 30.4 Å². The summed E-state index contributed by atoms with van der Waals surface area (Å²) in [6.07, 6.45) is 5.30. The van der Waals surface area contributed by atoms with E-state index in [9.17, 15) is 5.11 Å². The lowest BCUT2D eigenvalue weighted by molar-refractivity contribution is 0.221. The van der Waals surface area contributed by atoms with Gasteiger partial charge in [0.05, 0.1) is 23.4 Å². The maximum atomic E-state index is 10.5. The Bertz CT molecular complexity index is 545. The lowest BCUT2D eigenvalue weighted by Gasteiger charge is -2.11. The van der Waals surface area contributed by atoms with E-state index in [1.165, 1.54) is 11.5 Å². The Balaban J connectivity index is 2.19. The largest absolute Gasteiger partial charge is 0.492 e. The van der Waals surface area contributed by atoms with Gasteiger partial charge >= 0.3 is 0 Å². The van der Waals surface area contributed by atoms with Crippen LogP contribution in [0, 0.1) is 0 Å². The third-order valence-corrected chi connectivity index (χ3v) is 3.66. The smallest absolute Gasteiger partial charge is 0.137 e. The van der Waals surface area contributed by atoms with E-state index in [0.717, 1.165) is 29.8 Å². The Morgan fingerprint density at radius 2 is 2.15 bits per heavy atom. The lowest BCUT2D eigenvalue weighted by Crippen LogP contribution is -2.03. The first kappa shape index (κ1) is 14.9. The second kappa shape index (κ2) is 7.31. The Kier molecular flexibility index (Phi) is 5.43. The Hall–Kier alpha value is -1.53. The van der Waals surface area contributed by atoms with E-state index in [-0.39, 0.29) is 0 Å². The van der Waals surface area contributed by atoms with Crippen LogP contribution in [0.15, 0.2) is 18.5 Å². The average Bonchev–Trinajstić information content (AvgIpc) is 2.93. The standard InChI is InChI=1S/C14H19N3O2S/c1-3-5-12-14(20-17-16-12)13(18)10-7-11(9-15-8-10)19-6-4-2/h7-9,13,18H,3-6H2,1-2H3. The normalized spacial score (nSPS) is 12.3. The van der Waals surface area contributed by atoms with Gasteiger partial charge in [-0.3, -0.25) is 4.98 Å². The molecule has 0 aliphatic rings. The maximum absolute atomic E-state index is 10.5. The van der Waals surface area contributed by atoms with E-state index in [1.807, 2.05) is 13.0 Å². The van der Waals surface area contributed by atoms with Crippen LogP contribution in [-0.4, -0.2) is 26.3 Å². The molecule has 0 fully saturated rings. The summed E-state index contributed by atoms with van der Waals surface area (Å²) < 4.78 is 9.48. The Morgan fingerprint density at radius 3 is 2.90 bits per heavy atom. The fourth-order valence-electron chi connectivity index (χ4n) is 1.87. The second-order valence-corrected chi connectivity index (χ2v) is 5.32. The van der Waals surface area contributed by atoms with Gasteiger partial charge in [-0.25, -0.2) is 0 Å². The van der Waals surface area contributed by atoms with Crippen LogP contribution in [0.5, 0.6) is 5.75 Å². The average molecular weight is 293 g/mol. The van der Waals surface area contributed by atoms with Crippen LogP contribution in [0.4, 0.5) is 0 Å². The van der Waals surface area contributed by atoms with E-state index in [4.69, 9.17) is 4.74 Å². The molecule has 0 amide bonds. The lowest BCUT2D eigenvalue weighted by atomic mass is 10.1. The van der Waals surface area contributed by atoms with Gasteiger partial charge in [0, 0.05) is 11.8 Å². The van der Waals surface area contributed by atoms with Crippen LogP contribution >= 0.6 is 11.5 Å². The number of aliphatic hydroxyl groups is 1. The van der Waals surface area contributed by atoms with Crippen molar-refractivity contribution in [2.45, 2.75) is 39.2 Å². The molecule has 5 nitrogen and oxygen atoms in total. The summed E-state index contributed by atoms with van der Waals surface area (Å²) in [5.74, 6) is 0.679. The van der Waals surface area contributed by atoms with E-state index < -0.39 is 6.10 Å². The van der Waals surface area contributed by atoms with Gasteiger partial charge in [0.15, 0.2) is 0 Å². The predicted octanol–water partition coefficient (Wildman–Crippen LogP) is 2.76. The molecule has 0 saturated heterocycles. The highest BCUT2D eigenvalue weighted by Crippen LogP contribution is 2.28. The zero-order valence-electron chi connectivity index (χ0n) is 11.7. The first-order chi connectivity index (χ1) is 9.76. The minimum absolute atomic E-state index is 0.643. The van der Waals surface area contributed by atoms with Gasteiger partial charge in [0.1, 0.15) is 11.9 Å². The Morgan fingerprint density at radius 1 is 1.30 bits per heavy atom. The Labute approximate surface area is 122 Å². The van der Waals surface area contributed by atoms with Crippen molar-refractivity contribution in [3.05, 3.63) is 34.6 Å². The molecule has 2 aromatic heterocycles. The van der Waals surface area contributed by atoms with Gasteiger partial charge in [0.25, 0.3) is 0 Å². The summed E-state index contributed by atoms with van der Waals surface area (Å²) in [4.78, 5) is 4.92. The van der Waals surface area contributed by atoms with Crippen LogP contribution in [0.25, 0.3) is 0 Å². The molecule has 2 aromatic rings. The number of aryl methyl sites for hydroxylation is 1. The number of pyridine rings is 1. The van der Waals surface area contributed by atoms with E-state index in [1.54, 1.807) is 12.4 Å². The molecule has 20 heavy (non-hydrogen) atoms. The number of aromatic nitrogens is 3. The van der Waals surface area contributed by atoms with E-state index >= 15 is 0 Å². The minimum atomic E-state index is -0.741. The van der Waals surface area contributed by atoms with Gasteiger partial charge in [-0.1, -0.05) is 24.8 Å². The molecule has 108 valence electrons. The molecular formula is C14H19N3O2S. The molecule has 0 radical (unpaired) electrons. The van der Waals surface area contributed by atoms with Crippen LogP contribution < -0.4 is 4.74 Å². The highest BCUT2D eigenvalue weighted by molar-refractivity contribution is 7.05. The van der Waals surface area contributed by atoms with Crippen LogP contribution in [-0.2, 0) is 6.42 Å². The molecule has 2 rings (SSSR count). The van der Waals surface area contributed by atoms with Crippen molar-refractivity contribution in [1.29, 1.82) is 0 Å². The quantitative estimate of drug-likeness (QED) is 0.850. The summed E-state index contributed by atoms with van der Waals surface area (Å²) in [6.45, 7) is 4.77. The summed E-state index contributed by atoms with van der Waals surface area (Å²) in [7, 11) is 0. The molecule has 0 spiro atoms. The number of aliphatic hydroxyl groups excluding tert-OH is 1. The highest BCUT2D eigenvalue weighted by Gasteiger charge is 2.19. The third-order valence-electron chi connectivity index (χ3n) is 2.84. The molecule has 0 bridgehead atoms. The van der Waals surface area contributed by atoms with E-state index in [2.05, 4.69) is 21.5 Å². The fraction of sp³-hybridized carbons (Fsp3) is 0.500. The number of ether oxygens (including phenoxy) is 1. The van der Waals surface area contributed by atoms with Gasteiger partial charge in [0.2, 0.25) is 0 Å². The number of hydrogen-bond donors (Lipinski definition) is 1. The van der Waals surface area contributed by atoms with Crippen molar-refractivity contribution < 1.29 is 9.84 Å².